The zero-order chi connectivity index (χ0) is 15.6. The van der Waals surface area contributed by atoms with Gasteiger partial charge in [-0.15, -0.1) is 0 Å². The minimum atomic E-state index is 0.144. The van der Waals surface area contributed by atoms with Crippen LogP contribution >= 0.6 is 15.9 Å². The molecule has 2 rings (SSSR count). The lowest BCUT2D eigenvalue weighted by Crippen LogP contribution is -2.43. The largest absolute Gasteiger partial charge is 0.368 e. The number of rotatable bonds is 3. The summed E-state index contributed by atoms with van der Waals surface area (Å²) in [6.45, 7) is 13.5. The Morgan fingerprint density at radius 3 is 2.67 bits per heavy atom. The lowest BCUT2D eigenvalue weighted by molar-refractivity contribution is 0.362. The van der Waals surface area contributed by atoms with Gasteiger partial charge in [0.2, 0.25) is 0 Å². The molecule has 1 aromatic rings. The van der Waals surface area contributed by atoms with Gasteiger partial charge in [0.15, 0.2) is 0 Å². The molecule has 3 heteroatoms. The first-order valence-corrected chi connectivity index (χ1v) is 8.87. The Hall–Kier alpha value is -0.540. The summed E-state index contributed by atoms with van der Waals surface area (Å²) < 4.78 is 1.17. The van der Waals surface area contributed by atoms with Crippen LogP contribution in [0.4, 0.5) is 5.69 Å². The average Bonchev–Trinajstić information content (AvgIpc) is 2.39. The smallest absolute Gasteiger partial charge is 0.0425 e. The second-order valence-electron chi connectivity index (χ2n) is 7.43. The Balaban J connectivity index is 2.26. The van der Waals surface area contributed by atoms with E-state index in [0.717, 1.165) is 12.5 Å². The van der Waals surface area contributed by atoms with Crippen molar-refractivity contribution in [1.82, 2.24) is 5.32 Å². The van der Waals surface area contributed by atoms with E-state index in [1.807, 2.05) is 0 Å². The molecule has 0 saturated carbocycles. The van der Waals surface area contributed by atoms with Crippen molar-refractivity contribution in [1.29, 1.82) is 0 Å². The molecule has 118 valence electrons. The van der Waals surface area contributed by atoms with E-state index < -0.39 is 0 Å². The number of nitrogens with one attached hydrogen (secondary N) is 1. The molecule has 1 aromatic carbocycles. The van der Waals surface area contributed by atoms with Crippen LogP contribution in [0.5, 0.6) is 0 Å². The lowest BCUT2D eigenvalue weighted by Gasteiger charge is -2.41. The maximum atomic E-state index is 3.64. The molecule has 2 nitrogen and oxygen atoms in total. The summed E-state index contributed by atoms with van der Waals surface area (Å²) in [5.74, 6) is 0.765. The summed E-state index contributed by atoms with van der Waals surface area (Å²) in [5.41, 5.74) is 2.93. The summed E-state index contributed by atoms with van der Waals surface area (Å²) >= 11 is 3.64. The van der Waals surface area contributed by atoms with E-state index in [4.69, 9.17) is 0 Å². The van der Waals surface area contributed by atoms with E-state index in [0.29, 0.717) is 6.04 Å². The second-order valence-corrected chi connectivity index (χ2v) is 8.35. The third kappa shape index (κ3) is 4.46. The van der Waals surface area contributed by atoms with Gasteiger partial charge in [0, 0.05) is 34.8 Å². The van der Waals surface area contributed by atoms with Crippen LogP contribution in [0.25, 0.3) is 0 Å². The number of benzene rings is 1. The summed E-state index contributed by atoms with van der Waals surface area (Å²) in [5, 5.41) is 3.62. The number of halogens is 1. The fourth-order valence-corrected chi connectivity index (χ4v) is 3.34. The van der Waals surface area contributed by atoms with Gasteiger partial charge in [-0.05, 0) is 64.2 Å². The molecule has 0 aromatic heterocycles. The molecule has 1 heterocycles. The topological polar surface area (TPSA) is 15.3 Å². The first kappa shape index (κ1) is 16.8. The van der Waals surface area contributed by atoms with Crippen molar-refractivity contribution in [3.8, 4) is 0 Å². The van der Waals surface area contributed by atoms with Crippen molar-refractivity contribution in [2.45, 2.75) is 65.6 Å². The van der Waals surface area contributed by atoms with Crippen molar-refractivity contribution in [3.05, 3.63) is 28.2 Å². The van der Waals surface area contributed by atoms with Gasteiger partial charge in [0.25, 0.3) is 0 Å². The van der Waals surface area contributed by atoms with Gasteiger partial charge >= 0.3 is 0 Å². The SMILES string of the molecule is CC1CCCN(c2cc(Br)ccc2CNC(C)(C)C)C1C. The van der Waals surface area contributed by atoms with Crippen LogP contribution in [0.15, 0.2) is 22.7 Å². The molecule has 1 aliphatic heterocycles. The van der Waals surface area contributed by atoms with E-state index in [1.165, 1.54) is 35.1 Å². The van der Waals surface area contributed by atoms with Crippen molar-refractivity contribution >= 4 is 21.6 Å². The lowest BCUT2D eigenvalue weighted by atomic mass is 9.91. The Kier molecular flexibility index (Phi) is 5.37. The summed E-state index contributed by atoms with van der Waals surface area (Å²) in [6.07, 6.45) is 2.64. The molecule has 2 atom stereocenters. The van der Waals surface area contributed by atoms with Gasteiger partial charge in [0.05, 0.1) is 0 Å². The van der Waals surface area contributed by atoms with Crippen LogP contribution in [-0.4, -0.2) is 18.1 Å². The van der Waals surface area contributed by atoms with E-state index in [2.05, 4.69) is 79.0 Å². The molecular weight excluding hydrogens is 324 g/mol. The second kappa shape index (κ2) is 6.70. The van der Waals surface area contributed by atoms with Crippen molar-refractivity contribution in [3.63, 3.8) is 0 Å². The number of hydrogen-bond donors (Lipinski definition) is 1. The highest BCUT2D eigenvalue weighted by atomic mass is 79.9. The van der Waals surface area contributed by atoms with Gasteiger partial charge in [-0.1, -0.05) is 28.9 Å². The van der Waals surface area contributed by atoms with E-state index in [-0.39, 0.29) is 5.54 Å². The molecule has 0 aliphatic carbocycles. The number of anilines is 1. The van der Waals surface area contributed by atoms with Crippen molar-refractivity contribution in [2.24, 2.45) is 5.92 Å². The molecule has 1 saturated heterocycles. The minimum Gasteiger partial charge on any atom is -0.368 e. The average molecular weight is 353 g/mol. The molecular formula is C18H29BrN2. The third-order valence-corrected chi connectivity index (χ3v) is 5.03. The molecule has 0 spiro atoms. The summed E-state index contributed by atoms with van der Waals surface area (Å²) in [7, 11) is 0. The minimum absolute atomic E-state index is 0.144. The highest BCUT2D eigenvalue weighted by Gasteiger charge is 2.26. The quantitative estimate of drug-likeness (QED) is 0.826. The molecule has 1 N–H and O–H groups in total. The predicted octanol–water partition coefficient (Wildman–Crippen LogP) is 4.96. The molecule has 1 fully saturated rings. The summed E-state index contributed by atoms with van der Waals surface area (Å²) in [4.78, 5) is 2.60. The third-order valence-electron chi connectivity index (χ3n) is 4.54. The Labute approximate surface area is 138 Å². The molecule has 0 bridgehead atoms. The standard InChI is InChI=1S/C18H29BrN2/c1-13-7-6-10-21(14(13)2)17-11-16(19)9-8-15(17)12-20-18(3,4)5/h8-9,11,13-14,20H,6-7,10,12H2,1-5H3. The van der Waals surface area contributed by atoms with Crippen LogP contribution in [0, 0.1) is 5.92 Å². The Morgan fingerprint density at radius 2 is 2.00 bits per heavy atom. The van der Waals surface area contributed by atoms with Gasteiger partial charge in [0.1, 0.15) is 0 Å². The van der Waals surface area contributed by atoms with E-state index >= 15 is 0 Å². The molecule has 1 aliphatic rings. The highest BCUT2D eigenvalue weighted by Crippen LogP contribution is 2.33. The van der Waals surface area contributed by atoms with Crippen LogP contribution < -0.4 is 10.2 Å². The monoisotopic (exact) mass is 352 g/mol. The molecule has 2 unspecified atom stereocenters. The maximum Gasteiger partial charge on any atom is 0.0425 e. The fourth-order valence-electron chi connectivity index (χ4n) is 2.99. The first-order valence-electron chi connectivity index (χ1n) is 8.08. The van der Waals surface area contributed by atoms with Crippen molar-refractivity contribution < 1.29 is 0 Å². The van der Waals surface area contributed by atoms with Gasteiger partial charge in [-0.3, -0.25) is 0 Å². The van der Waals surface area contributed by atoms with Crippen LogP contribution in [0.2, 0.25) is 0 Å². The number of piperidine rings is 1. The first-order chi connectivity index (χ1) is 9.78. The van der Waals surface area contributed by atoms with Gasteiger partial charge in [-0.25, -0.2) is 0 Å². The van der Waals surface area contributed by atoms with Crippen molar-refractivity contribution in [2.75, 3.05) is 11.4 Å². The van der Waals surface area contributed by atoms with Crippen LogP contribution in [0.3, 0.4) is 0 Å². The Morgan fingerprint density at radius 1 is 1.29 bits per heavy atom. The molecule has 0 amide bonds. The summed E-state index contributed by atoms with van der Waals surface area (Å²) in [6, 6.07) is 7.31. The maximum absolute atomic E-state index is 3.64. The zero-order valence-corrected chi connectivity index (χ0v) is 15.6. The van der Waals surface area contributed by atoms with Crippen LogP contribution in [0.1, 0.15) is 53.0 Å². The van der Waals surface area contributed by atoms with Gasteiger partial charge < -0.3 is 10.2 Å². The van der Waals surface area contributed by atoms with Gasteiger partial charge in [-0.2, -0.15) is 0 Å². The zero-order valence-electron chi connectivity index (χ0n) is 14.0. The van der Waals surface area contributed by atoms with Crippen LogP contribution in [-0.2, 0) is 6.54 Å². The predicted molar refractivity (Wildman–Crippen MR) is 95.9 cm³/mol. The fraction of sp³-hybridized carbons (Fsp3) is 0.667. The highest BCUT2D eigenvalue weighted by molar-refractivity contribution is 9.10. The Bertz CT molecular complexity index is 479. The van der Waals surface area contributed by atoms with E-state index in [9.17, 15) is 0 Å². The molecule has 0 radical (unpaired) electrons. The van der Waals surface area contributed by atoms with E-state index in [1.54, 1.807) is 0 Å². The molecule has 21 heavy (non-hydrogen) atoms. The number of nitrogens with zero attached hydrogens (tertiary/aromatic N) is 1. The normalized spacial score (nSPS) is 23.4. The number of hydrogen-bond acceptors (Lipinski definition) is 2.